The minimum atomic E-state index is -2.55. The highest BCUT2D eigenvalue weighted by Gasteiger charge is 2.22. The lowest BCUT2D eigenvalue weighted by atomic mass is 10.1. The molecule has 0 saturated heterocycles. The van der Waals surface area contributed by atoms with Crippen LogP contribution < -0.4 is 11.1 Å². The number of nitrogens with two attached hydrogens (primary N) is 1. The van der Waals surface area contributed by atoms with Gasteiger partial charge in [-0.3, -0.25) is 14.9 Å². The summed E-state index contributed by atoms with van der Waals surface area (Å²) in [5.41, 5.74) is 5.34. The molecule has 11 heteroatoms. The number of anilines is 2. The van der Waals surface area contributed by atoms with Gasteiger partial charge in [-0.15, -0.1) is 0 Å². The van der Waals surface area contributed by atoms with Gasteiger partial charge in [0.25, 0.3) is 17.4 Å². The Bertz CT molecular complexity index is 893. The number of thioether (sulfide) groups is 1. The van der Waals surface area contributed by atoms with Crippen LogP contribution in [0.1, 0.15) is 17.3 Å². The summed E-state index contributed by atoms with van der Waals surface area (Å²) in [6, 6.07) is 8.96. The van der Waals surface area contributed by atoms with Crippen LogP contribution in [0.2, 0.25) is 0 Å². The van der Waals surface area contributed by atoms with Gasteiger partial charge in [0.05, 0.1) is 10.5 Å². The van der Waals surface area contributed by atoms with E-state index < -0.39 is 28.7 Å². The number of carbonyl (C=O) groups excluding carboxylic acids is 2. The maximum absolute atomic E-state index is 12.3. The summed E-state index contributed by atoms with van der Waals surface area (Å²) in [4.78, 5) is 34.8. The first-order chi connectivity index (χ1) is 13.2. The molecular formula is C17H15F2N3O5S. The van der Waals surface area contributed by atoms with Gasteiger partial charge < -0.3 is 15.8 Å². The second-order valence-corrected chi connectivity index (χ2v) is 6.53. The first-order valence-corrected chi connectivity index (χ1v) is 8.66. The summed E-state index contributed by atoms with van der Waals surface area (Å²) in [5, 5.41) is 13.3. The fraction of sp³-hybridized carbons (Fsp3) is 0.176. The summed E-state index contributed by atoms with van der Waals surface area (Å²) in [5.74, 6) is -4.22. The van der Waals surface area contributed by atoms with Crippen LogP contribution >= 0.6 is 11.8 Å². The second-order valence-electron chi connectivity index (χ2n) is 5.47. The lowest BCUT2D eigenvalue weighted by Crippen LogP contribution is -2.30. The average molecular weight is 411 g/mol. The normalized spacial score (nSPS) is 11.7. The average Bonchev–Trinajstić information content (AvgIpc) is 2.62. The van der Waals surface area contributed by atoms with Gasteiger partial charge in [-0.05, 0) is 37.3 Å². The molecule has 0 spiro atoms. The molecule has 0 saturated carbocycles. The van der Waals surface area contributed by atoms with Gasteiger partial charge in [0.15, 0.2) is 6.10 Å². The van der Waals surface area contributed by atoms with E-state index in [-0.39, 0.29) is 16.9 Å². The fourth-order valence-corrected chi connectivity index (χ4v) is 2.57. The maximum atomic E-state index is 12.3. The van der Waals surface area contributed by atoms with E-state index in [0.717, 1.165) is 12.1 Å². The van der Waals surface area contributed by atoms with Crippen LogP contribution in [0.4, 0.5) is 25.8 Å². The number of halogens is 2. The van der Waals surface area contributed by atoms with Crippen LogP contribution in [0.25, 0.3) is 0 Å². The number of nitro groups is 1. The first kappa shape index (κ1) is 21.1. The van der Waals surface area contributed by atoms with Crippen LogP contribution in [0, 0.1) is 10.1 Å². The quantitative estimate of drug-likeness (QED) is 0.234. The first-order valence-electron chi connectivity index (χ1n) is 7.78. The number of nitrogen functional groups attached to an aromatic ring is 1. The molecule has 0 aliphatic rings. The summed E-state index contributed by atoms with van der Waals surface area (Å²) >= 11 is 0.368. The summed E-state index contributed by atoms with van der Waals surface area (Å²) < 4.78 is 29.6. The zero-order valence-corrected chi connectivity index (χ0v) is 15.2. The zero-order valence-electron chi connectivity index (χ0n) is 14.4. The second kappa shape index (κ2) is 9.13. The van der Waals surface area contributed by atoms with Crippen molar-refractivity contribution in [3.05, 3.63) is 58.1 Å². The van der Waals surface area contributed by atoms with Crippen LogP contribution in [0.15, 0.2) is 47.4 Å². The molecule has 2 aromatic rings. The third-order valence-corrected chi connectivity index (χ3v) is 4.19. The Morgan fingerprint density at radius 1 is 1.21 bits per heavy atom. The number of carbonyl (C=O) groups is 2. The molecule has 148 valence electrons. The van der Waals surface area contributed by atoms with Gasteiger partial charge in [0, 0.05) is 28.4 Å². The molecule has 28 heavy (non-hydrogen) atoms. The third-order valence-electron chi connectivity index (χ3n) is 3.47. The van der Waals surface area contributed by atoms with Crippen molar-refractivity contribution in [2.75, 3.05) is 11.1 Å². The molecule has 0 bridgehead atoms. The number of hydrogen-bond acceptors (Lipinski definition) is 7. The summed E-state index contributed by atoms with van der Waals surface area (Å²) in [6.07, 6.45) is -1.23. The Labute approximate surface area is 162 Å². The van der Waals surface area contributed by atoms with Crippen molar-refractivity contribution in [2.24, 2.45) is 0 Å². The predicted octanol–water partition coefficient (Wildman–Crippen LogP) is 3.68. The van der Waals surface area contributed by atoms with Crippen LogP contribution in [-0.2, 0) is 9.53 Å². The number of nitrogens with one attached hydrogen (secondary N) is 1. The Morgan fingerprint density at radius 3 is 2.43 bits per heavy atom. The molecule has 2 aromatic carbocycles. The minimum Gasteiger partial charge on any atom is -0.449 e. The van der Waals surface area contributed by atoms with Crippen molar-refractivity contribution in [2.45, 2.75) is 23.7 Å². The fourth-order valence-electron chi connectivity index (χ4n) is 2.08. The lowest BCUT2D eigenvalue weighted by molar-refractivity contribution is -0.384. The molecule has 0 heterocycles. The number of benzene rings is 2. The number of alkyl halides is 2. The summed E-state index contributed by atoms with van der Waals surface area (Å²) in [6.45, 7) is 1.31. The molecule has 0 aliphatic heterocycles. The van der Waals surface area contributed by atoms with E-state index in [2.05, 4.69) is 5.32 Å². The van der Waals surface area contributed by atoms with Crippen LogP contribution in [-0.4, -0.2) is 28.7 Å². The predicted molar refractivity (Wildman–Crippen MR) is 99.3 cm³/mol. The van der Waals surface area contributed by atoms with Crippen molar-refractivity contribution in [1.82, 2.24) is 0 Å². The van der Waals surface area contributed by atoms with Gasteiger partial charge in [0.1, 0.15) is 0 Å². The SMILES string of the molecule is C[C@@H](OC(=O)c1cc([N+](=O)[O-])ccc1N)C(=O)Nc1ccc(SC(F)F)cc1. The molecule has 0 aromatic heterocycles. The Hall–Kier alpha value is -3.21. The number of hydrogen-bond donors (Lipinski definition) is 2. The van der Waals surface area contributed by atoms with Gasteiger partial charge in [-0.2, -0.15) is 8.78 Å². The Morgan fingerprint density at radius 2 is 1.86 bits per heavy atom. The lowest BCUT2D eigenvalue weighted by Gasteiger charge is -2.14. The molecule has 0 unspecified atom stereocenters. The number of rotatable bonds is 7. The highest BCUT2D eigenvalue weighted by atomic mass is 32.2. The van der Waals surface area contributed by atoms with Crippen molar-refractivity contribution in [1.29, 1.82) is 0 Å². The molecule has 1 amide bonds. The standard InChI is InChI=1S/C17H15F2N3O5S/c1-9(15(23)21-10-2-5-12(6-3-10)28-17(18)19)27-16(24)13-8-11(22(25)26)4-7-14(13)20/h2-9,17H,20H2,1H3,(H,21,23)/t9-/m1/s1. The van der Waals surface area contributed by atoms with Gasteiger partial charge in [-0.25, -0.2) is 4.79 Å². The third kappa shape index (κ3) is 5.64. The minimum absolute atomic E-state index is 0.0321. The number of ether oxygens (including phenoxy) is 1. The topological polar surface area (TPSA) is 125 Å². The molecular weight excluding hydrogens is 396 g/mol. The number of amides is 1. The van der Waals surface area contributed by atoms with E-state index >= 15 is 0 Å². The molecule has 0 radical (unpaired) electrons. The molecule has 8 nitrogen and oxygen atoms in total. The van der Waals surface area contributed by atoms with Gasteiger partial charge in [0.2, 0.25) is 0 Å². The Kier molecular flexibility index (Phi) is 6.88. The molecule has 0 aliphatic carbocycles. The molecule has 3 N–H and O–H groups in total. The van der Waals surface area contributed by atoms with Crippen LogP contribution in [0.3, 0.4) is 0 Å². The largest absolute Gasteiger partial charge is 0.449 e. The number of non-ortho nitro benzene ring substituents is 1. The Balaban J connectivity index is 2.01. The van der Waals surface area contributed by atoms with E-state index in [0.29, 0.717) is 22.3 Å². The van der Waals surface area contributed by atoms with Crippen LogP contribution in [0.5, 0.6) is 0 Å². The molecule has 2 rings (SSSR count). The summed E-state index contributed by atoms with van der Waals surface area (Å²) in [7, 11) is 0. The van der Waals surface area contributed by atoms with Crippen molar-refractivity contribution in [3.8, 4) is 0 Å². The van der Waals surface area contributed by atoms with E-state index in [1.54, 1.807) is 0 Å². The van der Waals surface area contributed by atoms with E-state index in [1.165, 1.54) is 37.3 Å². The maximum Gasteiger partial charge on any atom is 0.341 e. The van der Waals surface area contributed by atoms with Crippen molar-refractivity contribution < 1.29 is 28.0 Å². The smallest absolute Gasteiger partial charge is 0.341 e. The van der Waals surface area contributed by atoms with Gasteiger partial charge in [-0.1, -0.05) is 11.8 Å². The van der Waals surface area contributed by atoms with E-state index in [4.69, 9.17) is 10.5 Å². The molecule has 0 fully saturated rings. The molecule has 1 atom stereocenters. The number of esters is 1. The van der Waals surface area contributed by atoms with Gasteiger partial charge >= 0.3 is 5.97 Å². The van der Waals surface area contributed by atoms with E-state index in [1.807, 2.05) is 0 Å². The van der Waals surface area contributed by atoms with Crippen molar-refractivity contribution in [3.63, 3.8) is 0 Å². The highest BCUT2D eigenvalue weighted by molar-refractivity contribution is 7.99. The van der Waals surface area contributed by atoms with E-state index in [9.17, 15) is 28.5 Å². The zero-order chi connectivity index (χ0) is 20.8. The number of nitro benzene ring substituents is 1. The highest BCUT2D eigenvalue weighted by Crippen LogP contribution is 2.26. The monoisotopic (exact) mass is 411 g/mol. The van der Waals surface area contributed by atoms with Crippen molar-refractivity contribution >= 4 is 40.7 Å². The number of nitrogens with zero attached hydrogens (tertiary/aromatic N) is 1.